The minimum atomic E-state index is -0.500. The van der Waals surface area contributed by atoms with Gasteiger partial charge in [-0.3, -0.25) is 4.79 Å². The maximum Gasteiger partial charge on any atom is 0.410 e. The van der Waals surface area contributed by atoms with E-state index in [0.717, 1.165) is 44.8 Å². The van der Waals surface area contributed by atoms with Crippen molar-refractivity contribution in [3.63, 3.8) is 0 Å². The van der Waals surface area contributed by atoms with Crippen molar-refractivity contribution in [3.05, 3.63) is 0 Å². The number of likely N-dealkylation sites (tertiary alicyclic amines) is 3. The highest BCUT2D eigenvalue weighted by atomic mass is 16.6. The predicted octanol–water partition coefficient (Wildman–Crippen LogP) is 3.60. The van der Waals surface area contributed by atoms with Gasteiger partial charge < -0.3 is 19.4 Å². The molecule has 2 unspecified atom stereocenters. The minimum absolute atomic E-state index is 0.0779. The number of hydrogen-bond acceptors (Lipinski definition) is 4. The van der Waals surface area contributed by atoms with E-state index in [0.29, 0.717) is 19.0 Å². The van der Waals surface area contributed by atoms with Gasteiger partial charge >= 0.3 is 6.09 Å². The van der Waals surface area contributed by atoms with Gasteiger partial charge in [0, 0.05) is 32.7 Å². The van der Waals surface area contributed by atoms with Gasteiger partial charge in [0.15, 0.2) is 0 Å². The molecule has 0 spiro atoms. The molecule has 3 aliphatic rings. The van der Waals surface area contributed by atoms with Crippen molar-refractivity contribution in [2.45, 2.75) is 71.8 Å². The van der Waals surface area contributed by atoms with Gasteiger partial charge in [0.25, 0.3) is 0 Å². The molecule has 2 amide bonds. The standard InChI is InChI=1S/C23H41N3O3/c1-18-9-13-24(14-10-18)15-19-7-5-11-25(16-19)21(27)20-8-6-12-26(17-20)22(28)29-23(2,3)4/h18-20H,5-17H2,1-4H3. The molecule has 0 N–H and O–H groups in total. The average molecular weight is 408 g/mol. The second kappa shape index (κ2) is 9.67. The van der Waals surface area contributed by atoms with Crippen molar-refractivity contribution >= 4 is 12.0 Å². The van der Waals surface area contributed by atoms with Gasteiger partial charge in [0.2, 0.25) is 5.91 Å². The highest BCUT2D eigenvalue weighted by molar-refractivity contribution is 5.80. The van der Waals surface area contributed by atoms with Crippen molar-refractivity contribution in [1.82, 2.24) is 14.7 Å². The molecule has 0 aromatic heterocycles. The highest BCUT2D eigenvalue weighted by Crippen LogP contribution is 2.26. The van der Waals surface area contributed by atoms with Crippen LogP contribution in [0.25, 0.3) is 0 Å². The molecule has 0 aromatic carbocycles. The first kappa shape index (κ1) is 22.4. The number of rotatable bonds is 3. The number of carbonyl (C=O) groups is 2. The zero-order valence-electron chi connectivity index (χ0n) is 19.0. The van der Waals surface area contributed by atoms with Gasteiger partial charge in [0.05, 0.1) is 5.92 Å². The van der Waals surface area contributed by atoms with Crippen LogP contribution in [-0.4, -0.2) is 78.1 Å². The van der Waals surface area contributed by atoms with Crippen LogP contribution in [0, 0.1) is 17.8 Å². The summed E-state index contributed by atoms with van der Waals surface area (Å²) in [6, 6.07) is 0. The number of ether oxygens (including phenoxy) is 1. The molecule has 0 bridgehead atoms. The van der Waals surface area contributed by atoms with E-state index in [1.165, 1.54) is 32.4 Å². The monoisotopic (exact) mass is 407 g/mol. The number of nitrogens with zero attached hydrogens (tertiary/aromatic N) is 3. The molecular weight excluding hydrogens is 366 g/mol. The second-order valence-electron chi connectivity index (χ2n) is 10.5. The van der Waals surface area contributed by atoms with Crippen molar-refractivity contribution in [3.8, 4) is 0 Å². The van der Waals surface area contributed by atoms with E-state index < -0.39 is 5.60 Å². The van der Waals surface area contributed by atoms with Crippen LogP contribution in [-0.2, 0) is 9.53 Å². The molecule has 3 heterocycles. The number of amides is 2. The summed E-state index contributed by atoms with van der Waals surface area (Å²) in [5.74, 6) is 1.61. The smallest absolute Gasteiger partial charge is 0.410 e. The van der Waals surface area contributed by atoms with E-state index in [-0.39, 0.29) is 17.9 Å². The number of piperidine rings is 3. The summed E-state index contributed by atoms with van der Waals surface area (Å²) in [7, 11) is 0. The van der Waals surface area contributed by atoms with Crippen LogP contribution >= 0.6 is 0 Å². The molecule has 6 nitrogen and oxygen atoms in total. The molecule has 6 heteroatoms. The highest BCUT2D eigenvalue weighted by Gasteiger charge is 2.35. The van der Waals surface area contributed by atoms with E-state index in [1.54, 1.807) is 4.90 Å². The number of hydrogen-bond donors (Lipinski definition) is 0. The topological polar surface area (TPSA) is 53.1 Å². The quantitative estimate of drug-likeness (QED) is 0.717. The lowest BCUT2D eigenvalue weighted by Gasteiger charge is -2.40. The van der Waals surface area contributed by atoms with E-state index in [4.69, 9.17) is 4.74 Å². The van der Waals surface area contributed by atoms with Crippen LogP contribution < -0.4 is 0 Å². The van der Waals surface area contributed by atoms with Gasteiger partial charge in [-0.15, -0.1) is 0 Å². The average Bonchev–Trinajstić information content (AvgIpc) is 2.68. The Bertz CT molecular complexity index is 566. The molecule has 166 valence electrons. The van der Waals surface area contributed by atoms with E-state index >= 15 is 0 Å². The summed E-state index contributed by atoms with van der Waals surface area (Å²) >= 11 is 0. The molecule has 0 radical (unpaired) electrons. The molecule has 2 atom stereocenters. The lowest BCUT2D eigenvalue weighted by Crippen LogP contribution is -2.51. The van der Waals surface area contributed by atoms with Gasteiger partial charge in [-0.25, -0.2) is 4.79 Å². The molecule has 3 aliphatic heterocycles. The Balaban J connectivity index is 1.50. The second-order valence-corrected chi connectivity index (χ2v) is 10.5. The molecule has 3 saturated heterocycles. The lowest BCUT2D eigenvalue weighted by atomic mass is 9.92. The van der Waals surface area contributed by atoms with Crippen molar-refractivity contribution < 1.29 is 14.3 Å². The molecule has 0 saturated carbocycles. The minimum Gasteiger partial charge on any atom is -0.444 e. The first-order valence-corrected chi connectivity index (χ1v) is 11.7. The molecule has 29 heavy (non-hydrogen) atoms. The van der Waals surface area contributed by atoms with E-state index in [9.17, 15) is 9.59 Å². The summed E-state index contributed by atoms with van der Waals surface area (Å²) in [5.41, 5.74) is -0.500. The summed E-state index contributed by atoms with van der Waals surface area (Å²) in [6.45, 7) is 14.5. The Kier molecular flexibility index (Phi) is 7.47. The molecule has 0 aliphatic carbocycles. The van der Waals surface area contributed by atoms with Crippen LogP contribution in [0.2, 0.25) is 0 Å². The van der Waals surface area contributed by atoms with Crippen LogP contribution in [0.1, 0.15) is 66.2 Å². The van der Waals surface area contributed by atoms with Crippen LogP contribution in [0.3, 0.4) is 0 Å². The third kappa shape index (κ3) is 6.59. The Labute approximate surface area is 176 Å². The van der Waals surface area contributed by atoms with Crippen LogP contribution in [0.15, 0.2) is 0 Å². The maximum atomic E-state index is 13.2. The van der Waals surface area contributed by atoms with Gasteiger partial charge in [-0.1, -0.05) is 6.92 Å². The van der Waals surface area contributed by atoms with Gasteiger partial charge in [-0.2, -0.15) is 0 Å². The summed E-state index contributed by atoms with van der Waals surface area (Å²) in [4.78, 5) is 32.1. The maximum absolute atomic E-state index is 13.2. The Morgan fingerprint density at radius 1 is 0.897 bits per heavy atom. The molecular formula is C23H41N3O3. The van der Waals surface area contributed by atoms with E-state index in [2.05, 4.69) is 16.7 Å². The molecule has 0 aromatic rings. The SMILES string of the molecule is CC1CCN(CC2CCCN(C(=O)C3CCCN(C(=O)OC(C)(C)C)C3)C2)CC1. The third-order valence-corrected chi connectivity index (χ3v) is 6.65. The predicted molar refractivity (Wildman–Crippen MR) is 115 cm³/mol. The van der Waals surface area contributed by atoms with Crippen molar-refractivity contribution in [2.75, 3.05) is 45.8 Å². The zero-order chi connectivity index (χ0) is 21.0. The fourth-order valence-corrected chi connectivity index (χ4v) is 4.95. The first-order chi connectivity index (χ1) is 13.7. The first-order valence-electron chi connectivity index (χ1n) is 11.7. The van der Waals surface area contributed by atoms with Crippen molar-refractivity contribution in [1.29, 1.82) is 0 Å². The molecule has 3 fully saturated rings. The summed E-state index contributed by atoms with van der Waals surface area (Å²) < 4.78 is 5.52. The zero-order valence-corrected chi connectivity index (χ0v) is 19.0. The summed E-state index contributed by atoms with van der Waals surface area (Å²) in [6.07, 6.45) is 6.40. The lowest BCUT2D eigenvalue weighted by molar-refractivity contribution is -0.139. The fraction of sp³-hybridized carbons (Fsp3) is 0.913. The third-order valence-electron chi connectivity index (χ3n) is 6.65. The normalized spacial score (nSPS) is 27.7. The van der Waals surface area contributed by atoms with Crippen LogP contribution in [0.4, 0.5) is 4.79 Å². The van der Waals surface area contributed by atoms with Gasteiger partial charge in [0.1, 0.15) is 5.60 Å². The number of carbonyl (C=O) groups excluding carboxylic acids is 2. The Hall–Kier alpha value is -1.30. The largest absolute Gasteiger partial charge is 0.444 e. The summed E-state index contributed by atoms with van der Waals surface area (Å²) in [5, 5.41) is 0. The molecule has 3 rings (SSSR count). The Morgan fingerprint density at radius 2 is 1.55 bits per heavy atom. The van der Waals surface area contributed by atoms with Crippen LogP contribution in [0.5, 0.6) is 0 Å². The van der Waals surface area contributed by atoms with Crippen molar-refractivity contribution in [2.24, 2.45) is 17.8 Å². The van der Waals surface area contributed by atoms with Gasteiger partial charge in [-0.05, 0) is 84.2 Å². The fourth-order valence-electron chi connectivity index (χ4n) is 4.95. The van der Waals surface area contributed by atoms with E-state index in [1.807, 2.05) is 20.8 Å². The Morgan fingerprint density at radius 3 is 2.24 bits per heavy atom.